The van der Waals surface area contributed by atoms with E-state index in [1.807, 2.05) is 53.1 Å². The van der Waals surface area contributed by atoms with Gasteiger partial charge in [-0.05, 0) is 42.8 Å². The molecule has 0 atom stereocenters. The Kier molecular flexibility index (Phi) is 3.17. The lowest BCUT2D eigenvalue weighted by molar-refractivity contribution is -0.137. The van der Waals surface area contributed by atoms with Crippen molar-refractivity contribution in [2.45, 2.75) is 13.1 Å². The third-order valence-corrected chi connectivity index (χ3v) is 4.35. The van der Waals surface area contributed by atoms with Gasteiger partial charge in [-0.2, -0.15) is 13.2 Å². The van der Waals surface area contributed by atoms with Crippen molar-refractivity contribution in [2.24, 2.45) is 0 Å². The molecule has 0 fully saturated rings. The maximum Gasteiger partial charge on any atom is 0.416 e. The molecule has 4 rings (SSSR count). The molecule has 0 N–H and O–H groups in total. The number of rotatable bonds is 1. The minimum absolute atomic E-state index is 0.594. The Morgan fingerprint density at radius 1 is 0.750 bits per heavy atom. The number of alkyl halides is 3. The summed E-state index contributed by atoms with van der Waals surface area (Å²) < 4.78 is 40.9. The van der Waals surface area contributed by atoms with Crippen LogP contribution in [0.15, 0.2) is 66.7 Å². The topological polar surface area (TPSA) is 4.93 Å². The van der Waals surface area contributed by atoms with Crippen LogP contribution >= 0.6 is 0 Å². The lowest BCUT2D eigenvalue weighted by atomic mass is 10.1. The molecule has 0 amide bonds. The molecule has 1 nitrogen and oxygen atoms in total. The second-order valence-corrected chi connectivity index (χ2v) is 5.87. The minimum atomic E-state index is -4.33. The van der Waals surface area contributed by atoms with E-state index in [1.165, 1.54) is 6.07 Å². The Balaban J connectivity index is 2.06. The standard InChI is InChI=1S/C20H14F3N/c1-13-12-14(20(21,22)23)10-11-17(13)24-18-8-4-2-6-15(18)16-7-3-5-9-19(16)24/h2-12H,1H3. The molecule has 1 aromatic heterocycles. The van der Waals surface area contributed by atoms with Crippen LogP contribution in [0.4, 0.5) is 13.2 Å². The molecule has 120 valence electrons. The van der Waals surface area contributed by atoms with Crippen molar-refractivity contribution in [3.05, 3.63) is 77.9 Å². The predicted octanol–water partition coefficient (Wildman–Crippen LogP) is 6.11. The number of hydrogen-bond donors (Lipinski definition) is 0. The van der Waals surface area contributed by atoms with E-state index < -0.39 is 11.7 Å². The molecule has 1 heterocycles. The molecule has 0 radical (unpaired) electrons. The Morgan fingerprint density at radius 3 is 1.79 bits per heavy atom. The molecular weight excluding hydrogens is 311 g/mol. The zero-order valence-electron chi connectivity index (χ0n) is 12.9. The van der Waals surface area contributed by atoms with E-state index in [1.54, 1.807) is 13.0 Å². The van der Waals surface area contributed by atoms with Gasteiger partial charge in [-0.25, -0.2) is 0 Å². The molecule has 0 unspecified atom stereocenters. The van der Waals surface area contributed by atoms with Gasteiger partial charge in [0.05, 0.1) is 16.6 Å². The fraction of sp³-hybridized carbons (Fsp3) is 0.100. The first-order chi connectivity index (χ1) is 11.5. The van der Waals surface area contributed by atoms with Crippen LogP contribution in [0.1, 0.15) is 11.1 Å². The average Bonchev–Trinajstić information content (AvgIpc) is 2.89. The summed E-state index contributed by atoms with van der Waals surface area (Å²) in [7, 11) is 0. The number of aromatic nitrogens is 1. The largest absolute Gasteiger partial charge is 0.416 e. The van der Waals surface area contributed by atoms with Crippen molar-refractivity contribution < 1.29 is 13.2 Å². The van der Waals surface area contributed by atoms with Gasteiger partial charge in [0.25, 0.3) is 0 Å². The van der Waals surface area contributed by atoms with Crippen molar-refractivity contribution in [1.29, 1.82) is 0 Å². The molecule has 0 spiro atoms. The molecule has 24 heavy (non-hydrogen) atoms. The number of hydrogen-bond acceptors (Lipinski definition) is 0. The highest BCUT2D eigenvalue weighted by atomic mass is 19.4. The maximum atomic E-state index is 12.9. The van der Waals surface area contributed by atoms with Crippen LogP contribution in [0, 0.1) is 6.92 Å². The third kappa shape index (κ3) is 2.18. The summed E-state index contributed by atoms with van der Waals surface area (Å²) in [5.74, 6) is 0. The summed E-state index contributed by atoms with van der Waals surface area (Å²) in [4.78, 5) is 0. The normalized spacial score (nSPS) is 12.2. The van der Waals surface area contributed by atoms with Crippen molar-refractivity contribution in [1.82, 2.24) is 4.57 Å². The highest BCUT2D eigenvalue weighted by Crippen LogP contribution is 2.35. The second-order valence-electron chi connectivity index (χ2n) is 5.87. The lowest BCUT2D eigenvalue weighted by Gasteiger charge is -2.14. The maximum absolute atomic E-state index is 12.9. The molecule has 0 aliphatic carbocycles. The smallest absolute Gasteiger partial charge is 0.309 e. The van der Waals surface area contributed by atoms with Gasteiger partial charge in [0, 0.05) is 16.5 Å². The molecule has 4 aromatic rings. The first-order valence-corrected chi connectivity index (χ1v) is 7.63. The second kappa shape index (κ2) is 5.13. The van der Waals surface area contributed by atoms with Gasteiger partial charge < -0.3 is 4.57 Å². The number of para-hydroxylation sites is 2. The lowest BCUT2D eigenvalue weighted by Crippen LogP contribution is -2.06. The quantitative estimate of drug-likeness (QED) is 0.398. The first-order valence-electron chi connectivity index (χ1n) is 7.63. The van der Waals surface area contributed by atoms with Crippen LogP contribution in [0.5, 0.6) is 0 Å². The van der Waals surface area contributed by atoms with Gasteiger partial charge in [-0.1, -0.05) is 36.4 Å². The van der Waals surface area contributed by atoms with E-state index in [2.05, 4.69) is 0 Å². The van der Waals surface area contributed by atoms with Gasteiger partial charge >= 0.3 is 6.18 Å². The number of nitrogens with zero attached hydrogens (tertiary/aromatic N) is 1. The van der Waals surface area contributed by atoms with Crippen molar-refractivity contribution >= 4 is 21.8 Å². The van der Waals surface area contributed by atoms with Gasteiger partial charge in [-0.15, -0.1) is 0 Å². The number of halogens is 3. The van der Waals surface area contributed by atoms with E-state index in [0.717, 1.165) is 33.6 Å². The molecule has 0 aliphatic heterocycles. The van der Waals surface area contributed by atoms with E-state index in [-0.39, 0.29) is 0 Å². The van der Waals surface area contributed by atoms with Gasteiger partial charge in [0.15, 0.2) is 0 Å². The minimum Gasteiger partial charge on any atom is -0.309 e. The zero-order chi connectivity index (χ0) is 16.9. The summed E-state index contributed by atoms with van der Waals surface area (Å²) in [6, 6.07) is 19.8. The van der Waals surface area contributed by atoms with Crippen LogP contribution in [0.3, 0.4) is 0 Å². The molecular formula is C20H14F3N. The summed E-state index contributed by atoms with van der Waals surface area (Å²) in [5, 5.41) is 2.18. The van der Waals surface area contributed by atoms with Gasteiger partial charge in [-0.3, -0.25) is 0 Å². The SMILES string of the molecule is Cc1cc(C(F)(F)F)ccc1-n1c2ccccc2c2ccccc21. The Morgan fingerprint density at radius 2 is 1.29 bits per heavy atom. The van der Waals surface area contributed by atoms with Crippen molar-refractivity contribution in [2.75, 3.05) is 0 Å². The Bertz CT molecular complexity index is 1000. The number of fused-ring (bicyclic) bond motifs is 3. The number of aryl methyl sites for hydroxylation is 1. The molecule has 3 aromatic carbocycles. The zero-order valence-corrected chi connectivity index (χ0v) is 12.9. The summed E-state index contributed by atoms with van der Waals surface area (Å²) in [5.41, 5.74) is 2.71. The molecule has 4 heteroatoms. The summed E-state index contributed by atoms with van der Waals surface area (Å²) >= 11 is 0. The summed E-state index contributed by atoms with van der Waals surface area (Å²) in [6.07, 6.45) is -4.33. The van der Waals surface area contributed by atoms with Crippen LogP contribution < -0.4 is 0 Å². The molecule has 0 saturated carbocycles. The van der Waals surface area contributed by atoms with E-state index in [0.29, 0.717) is 5.56 Å². The molecule has 0 bridgehead atoms. The van der Waals surface area contributed by atoms with Gasteiger partial charge in [0.2, 0.25) is 0 Å². The fourth-order valence-electron chi connectivity index (χ4n) is 3.26. The Labute approximate surface area is 136 Å². The van der Waals surface area contributed by atoms with E-state index in [9.17, 15) is 13.2 Å². The van der Waals surface area contributed by atoms with Gasteiger partial charge in [0.1, 0.15) is 0 Å². The first kappa shape index (κ1) is 14.8. The average molecular weight is 325 g/mol. The van der Waals surface area contributed by atoms with E-state index >= 15 is 0 Å². The third-order valence-electron chi connectivity index (χ3n) is 4.35. The highest BCUT2D eigenvalue weighted by molar-refractivity contribution is 6.09. The number of benzene rings is 3. The van der Waals surface area contributed by atoms with E-state index in [4.69, 9.17) is 0 Å². The van der Waals surface area contributed by atoms with Crippen molar-refractivity contribution in [3.8, 4) is 5.69 Å². The molecule has 0 aliphatic rings. The predicted molar refractivity (Wildman–Crippen MR) is 90.5 cm³/mol. The molecule has 0 saturated heterocycles. The van der Waals surface area contributed by atoms with Crippen LogP contribution in [0.25, 0.3) is 27.5 Å². The Hall–Kier alpha value is -2.75. The highest BCUT2D eigenvalue weighted by Gasteiger charge is 2.30. The fourth-order valence-corrected chi connectivity index (χ4v) is 3.26. The van der Waals surface area contributed by atoms with Crippen molar-refractivity contribution in [3.63, 3.8) is 0 Å². The van der Waals surface area contributed by atoms with Crippen LogP contribution in [0.2, 0.25) is 0 Å². The monoisotopic (exact) mass is 325 g/mol. The van der Waals surface area contributed by atoms with Crippen LogP contribution in [-0.4, -0.2) is 4.57 Å². The summed E-state index contributed by atoms with van der Waals surface area (Å²) in [6.45, 7) is 1.72. The van der Waals surface area contributed by atoms with Crippen LogP contribution in [-0.2, 0) is 6.18 Å².